The number of carbonyl (C=O) groups is 1. The molecule has 2 rings (SSSR count). The Hall–Kier alpha value is -2.58. The maximum Gasteiger partial charge on any atom is 0.433 e. The largest absolute Gasteiger partial charge is 0.433 e. The lowest BCUT2D eigenvalue weighted by atomic mass is 10.3. The van der Waals surface area contributed by atoms with Gasteiger partial charge in [-0.3, -0.25) is 9.48 Å². The summed E-state index contributed by atoms with van der Waals surface area (Å²) in [4.78, 5) is 15.0. The summed E-state index contributed by atoms with van der Waals surface area (Å²) in [6.07, 6.45) is -2.16. The highest BCUT2D eigenvalue weighted by Gasteiger charge is 2.32. The molecule has 106 valence electrons. The summed E-state index contributed by atoms with van der Waals surface area (Å²) in [5.74, 6) is -0.621. The lowest BCUT2D eigenvalue weighted by Crippen LogP contribution is -2.15. The third kappa shape index (κ3) is 2.87. The molecule has 0 saturated heterocycles. The number of pyridine rings is 1. The van der Waals surface area contributed by atoms with E-state index in [2.05, 4.69) is 15.4 Å². The molecule has 0 saturated carbocycles. The lowest BCUT2D eigenvalue weighted by Gasteiger charge is -2.07. The van der Waals surface area contributed by atoms with Crippen molar-refractivity contribution in [3.63, 3.8) is 0 Å². The number of hydrogen-bond acceptors (Lipinski definition) is 4. The van der Waals surface area contributed by atoms with Crippen molar-refractivity contribution in [3.05, 3.63) is 35.9 Å². The maximum atomic E-state index is 12.3. The van der Waals surface area contributed by atoms with E-state index in [-0.39, 0.29) is 17.1 Å². The summed E-state index contributed by atoms with van der Waals surface area (Å²) < 4.78 is 38.3. The summed E-state index contributed by atoms with van der Waals surface area (Å²) >= 11 is 0. The van der Waals surface area contributed by atoms with E-state index in [1.165, 1.54) is 10.9 Å². The molecular weight excluding hydrogens is 275 g/mol. The van der Waals surface area contributed by atoms with Crippen LogP contribution >= 0.6 is 0 Å². The van der Waals surface area contributed by atoms with Gasteiger partial charge < -0.3 is 11.1 Å². The molecule has 20 heavy (non-hydrogen) atoms. The molecule has 0 spiro atoms. The van der Waals surface area contributed by atoms with Gasteiger partial charge in [-0.25, -0.2) is 4.98 Å². The first-order chi connectivity index (χ1) is 9.27. The van der Waals surface area contributed by atoms with Gasteiger partial charge in [0.05, 0.1) is 17.6 Å². The minimum absolute atomic E-state index is 0.00704. The molecule has 1 amide bonds. The van der Waals surface area contributed by atoms with E-state index >= 15 is 0 Å². The van der Waals surface area contributed by atoms with Gasteiger partial charge >= 0.3 is 6.18 Å². The van der Waals surface area contributed by atoms with E-state index in [1.807, 2.05) is 0 Å². The topological polar surface area (TPSA) is 85.8 Å². The van der Waals surface area contributed by atoms with Gasteiger partial charge in [0.2, 0.25) is 0 Å². The van der Waals surface area contributed by atoms with Crippen LogP contribution in [0.2, 0.25) is 0 Å². The van der Waals surface area contributed by atoms with Crippen molar-refractivity contribution in [1.82, 2.24) is 14.8 Å². The van der Waals surface area contributed by atoms with Crippen molar-refractivity contribution >= 4 is 17.3 Å². The quantitative estimate of drug-likeness (QED) is 0.878. The zero-order valence-electron chi connectivity index (χ0n) is 10.3. The van der Waals surface area contributed by atoms with Crippen molar-refractivity contribution in [1.29, 1.82) is 0 Å². The summed E-state index contributed by atoms with van der Waals surface area (Å²) in [5, 5.41) is 6.21. The van der Waals surface area contributed by atoms with Crippen LogP contribution in [0, 0.1) is 0 Å². The third-order valence-electron chi connectivity index (χ3n) is 2.38. The average molecular weight is 285 g/mol. The van der Waals surface area contributed by atoms with Crippen molar-refractivity contribution in [3.8, 4) is 0 Å². The number of rotatable bonds is 2. The van der Waals surface area contributed by atoms with Crippen molar-refractivity contribution in [2.75, 3.05) is 11.1 Å². The second-order valence-corrected chi connectivity index (χ2v) is 3.99. The summed E-state index contributed by atoms with van der Waals surface area (Å²) in [6.45, 7) is 0. The zero-order valence-corrected chi connectivity index (χ0v) is 10.3. The first-order valence-electron chi connectivity index (χ1n) is 5.41. The minimum Gasteiger partial charge on any atom is -0.396 e. The summed E-state index contributed by atoms with van der Waals surface area (Å²) in [5.41, 5.74) is 4.82. The third-order valence-corrected chi connectivity index (χ3v) is 2.38. The fraction of sp³-hybridized carbons (Fsp3) is 0.182. The van der Waals surface area contributed by atoms with E-state index in [0.29, 0.717) is 0 Å². The number of halogens is 3. The van der Waals surface area contributed by atoms with Gasteiger partial charge in [-0.1, -0.05) is 0 Å². The van der Waals surface area contributed by atoms with Crippen LogP contribution in [0.3, 0.4) is 0 Å². The molecule has 6 nitrogen and oxygen atoms in total. The molecule has 0 atom stereocenters. The SMILES string of the molecule is Cn1cc(N)c(C(=O)Nc2ccc(C(F)(F)F)nc2)n1. The predicted octanol–water partition coefficient (Wildman–Crippen LogP) is 1.67. The second-order valence-electron chi connectivity index (χ2n) is 3.99. The van der Waals surface area contributed by atoms with Gasteiger partial charge in [0, 0.05) is 13.2 Å². The lowest BCUT2D eigenvalue weighted by molar-refractivity contribution is -0.141. The highest BCUT2D eigenvalue weighted by molar-refractivity contribution is 6.06. The Morgan fingerprint density at radius 1 is 1.40 bits per heavy atom. The van der Waals surface area contributed by atoms with Crippen molar-refractivity contribution in [2.45, 2.75) is 6.18 Å². The predicted molar refractivity (Wildman–Crippen MR) is 64.8 cm³/mol. The number of hydrogen-bond donors (Lipinski definition) is 2. The van der Waals surface area contributed by atoms with E-state index in [1.54, 1.807) is 7.05 Å². The number of alkyl halides is 3. The zero-order chi connectivity index (χ0) is 14.9. The maximum absolute atomic E-state index is 12.3. The number of nitrogens with one attached hydrogen (secondary N) is 1. The van der Waals surface area contributed by atoms with E-state index < -0.39 is 17.8 Å². The van der Waals surface area contributed by atoms with E-state index in [9.17, 15) is 18.0 Å². The Labute approximate surface area is 111 Å². The Kier molecular flexibility index (Phi) is 3.35. The molecule has 0 aliphatic rings. The average Bonchev–Trinajstić information content (AvgIpc) is 2.68. The Morgan fingerprint density at radius 3 is 2.55 bits per heavy atom. The van der Waals surface area contributed by atoms with E-state index in [0.717, 1.165) is 18.3 Å². The second kappa shape index (κ2) is 4.83. The first-order valence-corrected chi connectivity index (χ1v) is 5.41. The molecule has 9 heteroatoms. The Balaban J connectivity index is 2.14. The van der Waals surface area contributed by atoms with Crippen LogP contribution in [0.15, 0.2) is 24.5 Å². The number of anilines is 2. The Bertz CT molecular complexity index is 632. The molecule has 2 aromatic rings. The molecule has 0 radical (unpaired) electrons. The van der Waals surface area contributed by atoms with Crippen LogP contribution in [0.5, 0.6) is 0 Å². The smallest absolute Gasteiger partial charge is 0.396 e. The van der Waals surface area contributed by atoms with Crippen LogP contribution in [-0.4, -0.2) is 20.7 Å². The number of nitrogen functional groups attached to an aromatic ring is 1. The molecular formula is C11H10F3N5O. The van der Waals surface area contributed by atoms with Crippen molar-refractivity contribution < 1.29 is 18.0 Å². The van der Waals surface area contributed by atoms with Crippen LogP contribution in [0.25, 0.3) is 0 Å². The number of carbonyl (C=O) groups excluding carboxylic acids is 1. The fourth-order valence-electron chi connectivity index (χ4n) is 1.51. The highest BCUT2D eigenvalue weighted by Crippen LogP contribution is 2.27. The standard InChI is InChI=1S/C11H10F3N5O/c1-19-5-7(15)9(18-19)10(20)17-6-2-3-8(16-4-6)11(12,13)14/h2-5H,15H2,1H3,(H,17,20). The van der Waals surface area contributed by atoms with Gasteiger partial charge in [-0.05, 0) is 12.1 Å². The normalized spacial score (nSPS) is 11.4. The van der Waals surface area contributed by atoms with Gasteiger partial charge in [-0.2, -0.15) is 18.3 Å². The molecule has 3 N–H and O–H groups in total. The van der Waals surface area contributed by atoms with Crippen LogP contribution in [-0.2, 0) is 13.2 Å². The van der Waals surface area contributed by atoms with Gasteiger partial charge in [0.25, 0.3) is 5.91 Å². The number of nitrogens with zero attached hydrogens (tertiary/aromatic N) is 3. The van der Waals surface area contributed by atoms with Crippen LogP contribution in [0.4, 0.5) is 24.5 Å². The highest BCUT2D eigenvalue weighted by atomic mass is 19.4. The molecule has 0 aliphatic heterocycles. The first kappa shape index (κ1) is 13.8. The summed E-state index contributed by atoms with van der Waals surface area (Å²) in [7, 11) is 1.59. The number of aromatic nitrogens is 3. The molecule has 0 aromatic carbocycles. The summed E-state index contributed by atoms with van der Waals surface area (Å²) in [6, 6.07) is 1.88. The Morgan fingerprint density at radius 2 is 2.10 bits per heavy atom. The van der Waals surface area contributed by atoms with E-state index in [4.69, 9.17) is 5.73 Å². The molecule has 0 unspecified atom stereocenters. The number of nitrogens with two attached hydrogens (primary N) is 1. The minimum atomic E-state index is -4.52. The number of amides is 1. The molecule has 0 bridgehead atoms. The van der Waals surface area contributed by atoms with Crippen LogP contribution in [0.1, 0.15) is 16.2 Å². The number of aryl methyl sites for hydroxylation is 1. The molecule has 2 aromatic heterocycles. The molecule has 2 heterocycles. The van der Waals surface area contributed by atoms with Gasteiger partial charge in [0.15, 0.2) is 5.69 Å². The van der Waals surface area contributed by atoms with Gasteiger partial charge in [-0.15, -0.1) is 0 Å². The molecule has 0 aliphatic carbocycles. The van der Waals surface area contributed by atoms with Gasteiger partial charge in [0.1, 0.15) is 5.69 Å². The van der Waals surface area contributed by atoms with Crippen LogP contribution < -0.4 is 11.1 Å². The fourth-order valence-corrected chi connectivity index (χ4v) is 1.51. The van der Waals surface area contributed by atoms with Crippen molar-refractivity contribution in [2.24, 2.45) is 7.05 Å². The monoisotopic (exact) mass is 285 g/mol. The molecule has 0 fully saturated rings.